The number of imidazole rings is 1. The Morgan fingerprint density at radius 3 is 2.86 bits per heavy atom. The SMILES string of the molecule is CC(C)(C)c1noc(C(=O)NCCC2CCCCc3cc(-c4ccnc5[nH]c(=O)[nH]c45)ccc32)n1. The van der Waals surface area contributed by atoms with Gasteiger partial charge in [0.15, 0.2) is 11.5 Å². The maximum absolute atomic E-state index is 12.5. The van der Waals surface area contributed by atoms with E-state index in [1.165, 1.54) is 11.1 Å². The van der Waals surface area contributed by atoms with Crippen molar-refractivity contribution in [1.29, 1.82) is 0 Å². The summed E-state index contributed by atoms with van der Waals surface area (Å²) in [6, 6.07) is 8.48. The molecule has 0 spiro atoms. The highest BCUT2D eigenvalue weighted by molar-refractivity contribution is 5.90. The van der Waals surface area contributed by atoms with Gasteiger partial charge in [0.05, 0.1) is 5.52 Å². The van der Waals surface area contributed by atoms with Gasteiger partial charge >= 0.3 is 17.5 Å². The van der Waals surface area contributed by atoms with Gasteiger partial charge in [0.2, 0.25) is 0 Å². The third kappa shape index (κ3) is 4.76. The number of nitrogens with one attached hydrogen (secondary N) is 3. The Hall–Kier alpha value is -3.75. The standard InChI is InChI=1S/C26H30N6O3/c1-26(2,3)24-31-23(35-32-24)22(33)28-12-10-15-6-4-5-7-16-14-17(8-9-18(15)16)19-11-13-27-21-20(19)29-25(34)30-21/h8-9,11,13-15H,4-7,10,12H2,1-3H3,(H,28,33)(H2,27,29,30,34). The maximum Gasteiger partial charge on any atom is 0.325 e. The summed E-state index contributed by atoms with van der Waals surface area (Å²) in [4.78, 5) is 38.4. The molecule has 3 N–H and O–H groups in total. The number of H-pyrrole nitrogens is 2. The van der Waals surface area contributed by atoms with Gasteiger partial charge in [-0.25, -0.2) is 9.78 Å². The van der Waals surface area contributed by atoms with Crippen molar-refractivity contribution in [3.63, 3.8) is 0 Å². The normalized spacial score (nSPS) is 16.1. The van der Waals surface area contributed by atoms with Crippen LogP contribution in [0.15, 0.2) is 39.8 Å². The first kappa shape index (κ1) is 23.0. The maximum atomic E-state index is 12.5. The van der Waals surface area contributed by atoms with Gasteiger partial charge in [-0.1, -0.05) is 50.5 Å². The van der Waals surface area contributed by atoms with E-state index in [0.29, 0.717) is 23.9 Å². The first-order valence-electron chi connectivity index (χ1n) is 12.1. The van der Waals surface area contributed by atoms with Crippen LogP contribution in [0.1, 0.15) is 80.0 Å². The molecule has 35 heavy (non-hydrogen) atoms. The van der Waals surface area contributed by atoms with Crippen LogP contribution in [-0.4, -0.2) is 37.5 Å². The number of carbonyl (C=O) groups is 1. The lowest BCUT2D eigenvalue weighted by Gasteiger charge is -2.19. The summed E-state index contributed by atoms with van der Waals surface area (Å²) >= 11 is 0. The van der Waals surface area contributed by atoms with E-state index in [0.717, 1.165) is 48.7 Å². The second kappa shape index (κ2) is 9.13. The molecule has 1 aliphatic rings. The number of aryl methyl sites for hydroxylation is 1. The zero-order valence-electron chi connectivity index (χ0n) is 20.3. The van der Waals surface area contributed by atoms with E-state index in [4.69, 9.17) is 4.52 Å². The van der Waals surface area contributed by atoms with Crippen molar-refractivity contribution in [1.82, 2.24) is 30.4 Å². The first-order chi connectivity index (χ1) is 16.8. The second-order valence-electron chi connectivity index (χ2n) is 10.2. The van der Waals surface area contributed by atoms with Gasteiger partial charge in [-0.2, -0.15) is 4.98 Å². The third-order valence-corrected chi connectivity index (χ3v) is 6.63. The summed E-state index contributed by atoms with van der Waals surface area (Å²) in [5.41, 5.74) is 5.43. The fourth-order valence-corrected chi connectivity index (χ4v) is 4.78. The molecule has 9 nitrogen and oxygen atoms in total. The molecular weight excluding hydrogens is 444 g/mol. The average molecular weight is 475 g/mol. The molecule has 0 bridgehead atoms. The number of hydrogen-bond donors (Lipinski definition) is 3. The molecule has 1 amide bonds. The van der Waals surface area contributed by atoms with E-state index < -0.39 is 0 Å². The van der Waals surface area contributed by atoms with Gasteiger partial charge in [0.1, 0.15) is 0 Å². The van der Waals surface area contributed by atoms with Gasteiger partial charge in [-0.05, 0) is 54.4 Å². The minimum atomic E-state index is -0.334. The Morgan fingerprint density at radius 2 is 2.06 bits per heavy atom. The first-order valence-corrected chi connectivity index (χ1v) is 12.1. The van der Waals surface area contributed by atoms with Crippen molar-refractivity contribution in [2.45, 2.75) is 64.2 Å². The lowest BCUT2D eigenvalue weighted by Crippen LogP contribution is -2.26. The number of aromatic amines is 2. The minimum Gasteiger partial charge on any atom is -0.348 e. The minimum absolute atomic E-state index is 0.00676. The van der Waals surface area contributed by atoms with Gasteiger partial charge in [0.25, 0.3) is 0 Å². The number of carbonyl (C=O) groups excluding carboxylic acids is 1. The lowest BCUT2D eigenvalue weighted by molar-refractivity contribution is 0.0908. The molecule has 4 aromatic rings. The van der Waals surface area contributed by atoms with Crippen LogP contribution in [0.5, 0.6) is 0 Å². The van der Waals surface area contributed by atoms with E-state index in [1.54, 1.807) is 6.20 Å². The number of amides is 1. The molecule has 1 unspecified atom stereocenters. The van der Waals surface area contributed by atoms with Gasteiger partial charge < -0.3 is 14.8 Å². The van der Waals surface area contributed by atoms with Crippen molar-refractivity contribution >= 4 is 17.1 Å². The molecule has 3 aromatic heterocycles. The molecule has 9 heteroatoms. The molecule has 1 atom stereocenters. The highest BCUT2D eigenvalue weighted by Gasteiger charge is 2.24. The highest BCUT2D eigenvalue weighted by Crippen LogP contribution is 2.36. The number of benzene rings is 1. The molecule has 0 fully saturated rings. The van der Waals surface area contributed by atoms with Crippen LogP contribution in [0.25, 0.3) is 22.3 Å². The largest absolute Gasteiger partial charge is 0.348 e. The molecule has 0 saturated carbocycles. The van der Waals surface area contributed by atoms with Crippen LogP contribution in [0.3, 0.4) is 0 Å². The fraction of sp³-hybridized carbons (Fsp3) is 0.423. The number of fused-ring (bicyclic) bond motifs is 2. The Balaban J connectivity index is 1.31. The van der Waals surface area contributed by atoms with Crippen molar-refractivity contribution in [3.8, 4) is 11.1 Å². The molecule has 182 valence electrons. The number of nitrogens with zero attached hydrogens (tertiary/aromatic N) is 3. The molecule has 0 radical (unpaired) electrons. The molecule has 5 rings (SSSR count). The summed E-state index contributed by atoms with van der Waals surface area (Å²) in [6.45, 7) is 6.46. The third-order valence-electron chi connectivity index (χ3n) is 6.63. The van der Waals surface area contributed by atoms with Gasteiger partial charge in [0, 0.05) is 23.7 Å². The highest BCUT2D eigenvalue weighted by atomic mass is 16.5. The van der Waals surface area contributed by atoms with Crippen LogP contribution in [0.4, 0.5) is 0 Å². The molecular formula is C26H30N6O3. The second-order valence-corrected chi connectivity index (χ2v) is 10.2. The van der Waals surface area contributed by atoms with Crippen molar-refractivity contribution in [2.75, 3.05) is 6.54 Å². The van der Waals surface area contributed by atoms with Crippen molar-refractivity contribution in [2.24, 2.45) is 0 Å². The van der Waals surface area contributed by atoms with Crippen molar-refractivity contribution in [3.05, 3.63) is 63.8 Å². The summed E-state index contributed by atoms with van der Waals surface area (Å²) in [7, 11) is 0. The van der Waals surface area contributed by atoms with Crippen LogP contribution in [0.2, 0.25) is 0 Å². The van der Waals surface area contributed by atoms with E-state index in [2.05, 4.69) is 48.6 Å². The smallest absolute Gasteiger partial charge is 0.325 e. The zero-order chi connectivity index (χ0) is 24.6. The molecule has 1 aliphatic carbocycles. The monoisotopic (exact) mass is 474 g/mol. The predicted molar refractivity (Wildman–Crippen MR) is 132 cm³/mol. The summed E-state index contributed by atoms with van der Waals surface area (Å²) < 4.78 is 5.16. The average Bonchev–Trinajstić information content (AvgIpc) is 3.42. The Bertz CT molecular complexity index is 1420. The number of pyridine rings is 1. The Morgan fingerprint density at radius 1 is 1.20 bits per heavy atom. The topological polar surface area (TPSA) is 130 Å². The Kier molecular flexibility index (Phi) is 6.00. The van der Waals surface area contributed by atoms with E-state index in [9.17, 15) is 9.59 Å². The zero-order valence-corrected chi connectivity index (χ0v) is 20.3. The van der Waals surface area contributed by atoms with Crippen LogP contribution < -0.4 is 11.0 Å². The van der Waals surface area contributed by atoms with Gasteiger partial charge in [-0.3, -0.25) is 9.78 Å². The van der Waals surface area contributed by atoms with Gasteiger partial charge in [-0.15, -0.1) is 0 Å². The summed E-state index contributed by atoms with van der Waals surface area (Å²) in [5.74, 6) is 0.553. The number of rotatable bonds is 5. The van der Waals surface area contributed by atoms with E-state index in [1.807, 2.05) is 26.8 Å². The molecule has 3 heterocycles. The summed E-state index contributed by atoms with van der Waals surface area (Å²) in [6.07, 6.45) is 6.92. The molecule has 1 aromatic carbocycles. The summed E-state index contributed by atoms with van der Waals surface area (Å²) in [5, 5.41) is 6.87. The van der Waals surface area contributed by atoms with Crippen LogP contribution in [-0.2, 0) is 11.8 Å². The predicted octanol–water partition coefficient (Wildman–Crippen LogP) is 4.23. The quantitative estimate of drug-likeness (QED) is 0.371. The number of aromatic nitrogens is 5. The van der Waals surface area contributed by atoms with Crippen LogP contribution in [0, 0.1) is 0 Å². The fourth-order valence-electron chi connectivity index (χ4n) is 4.78. The van der Waals surface area contributed by atoms with Crippen molar-refractivity contribution < 1.29 is 9.32 Å². The van der Waals surface area contributed by atoms with E-state index >= 15 is 0 Å². The van der Waals surface area contributed by atoms with E-state index in [-0.39, 0.29) is 22.9 Å². The van der Waals surface area contributed by atoms with Crippen LogP contribution >= 0.6 is 0 Å². The molecule has 0 aliphatic heterocycles. The Labute approximate surface area is 202 Å². The molecule has 0 saturated heterocycles. The lowest BCUT2D eigenvalue weighted by atomic mass is 9.88. The number of hydrogen-bond acceptors (Lipinski definition) is 6.